The van der Waals surface area contributed by atoms with Crippen molar-refractivity contribution in [2.24, 2.45) is 0 Å². The van der Waals surface area contributed by atoms with Crippen LogP contribution in [0.2, 0.25) is 0 Å². The second kappa shape index (κ2) is 5.70. The molecule has 3 rings (SSSR count). The molecule has 3 N–H and O–H groups in total. The van der Waals surface area contributed by atoms with Crippen LogP contribution in [0.15, 0.2) is 30.5 Å². The summed E-state index contributed by atoms with van der Waals surface area (Å²) in [6.45, 7) is 4.02. The van der Waals surface area contributed by atoms with Gasteiger partial charge in [0, 0.05) is 37.6 Å². The lowest BCUT2D eigenvalue weighted by Crippen LogP contribution is -2.43. The molecule has 1 aliphatic heterocycles. The summed E-state index contributed by atoms with van der Waals surface area (Å²) in [6.07, 6.45) is 1.39. The summed E-state index contributed by atoms with van der Waals surface area (Å²) in [5.41, 5.74) is 2.19. The minimum absolute atomic E-state index is 0.270. The third-order valence-electron chi connectivity index (χ3n) is 3.25. The first kappa shape index (κ1) is 12.6. The maximum atomic E-state index is 11.8. The van der Waals surface area contributed by atoms with Crippen LogP contribution in [0.25, 0.3) is 0 Å². The Labute approximate surface area is 116 Å². The van der Waals surface area contributed by atoms with Crippen molar-refractivity contribution in [3.8, 4) is 0 Å². The number of anilines is 2. The first-order valence-electron chi connectivity index (χ1n) is 6.56. The molecule has 7 nitrogen and oxygen atoms in total. The van der Waals surface area contributed by atoms with Gasteiger partial charge in [0.25, 0.3) is 5.91 Å². The summed E-state index contributed by atoms with van der Waals surface area (Å²) in [5.74, 6) is -0.270. The molecule has 2 aromatic rings. The number of rotatable bonds is 3. The number of piperazine rings is 1. The van der Waals surface area contributed by atoms with Gasteiger partial charge in [0.05, 0.1) is 6.20 Å². The van der Waals surface area contributed by atoms with E-state index in [0.717, 1.165) is 31.9 Å². The fourth-order valence-electron chi connectivity index (χ4n) is 2.18. The van der Waals surface area contributed by atoms with Crippen molar-refractivity contribution in [1.29, 1.82) is 0 Å². The Morgan fingerprint density at radius 1 is 1.20 bits per heavy atom. The van der Waals surface area contributed by atoms with Crippen molar-refractivity contribution in [2.75, 3.05) is 36.4 Å². The highest BCUT2D eigenvalue weighted by atomic mass is 16.2. The standard InChI is InChI=1S/C13H16N6O/c20-13(12-9-15-18-17-12)16-10-1-3-11(4-2-10)19-7-5-14-6-8-19/h1-4,9,14H,5-8H2,(H,16,20)(H,15,17,18). The predicted molar refractivity (Wildman–Crippen MR) is 75.9 cm³/mol. The highest BCUT2D eigenvalue weighted by Crippen LogP contribution is 2.18. The van der Waals surface area contributed by atoms with Crippen LogP contribution in [0.1, 0.15) is 10.5 Å². The van der Waals surface area contributed by atoms with Crippen LogP contribution in [0.3, 0.4) is 0 Å². The molecule has 0 aliphatic carbocycles. The molecule has 1 aliphatic rings. The number of nitrogens with one attached hydrogen (secondary N) is 3. The third kappa shape index (κ3) is 2.77. The van der Waals surface area contributed by atoms with Crippen molar-refractivity contribution in [2.45, 2.75) is 0 Å². The largest absolute Gasteiger partial charge is 0.369 e. The van der Waals surface area contributed by atoms with E-state index in [1.165, 1.54) is 11.9 Å². The number of nitrogens with zero attached hydrogens (tertiary/aromatic N) is 3. The average molecular weight is 272 g/mol. The molecule has 1 aromatic carbocycles. The third-order valence-corrected chi connectivity index (χ3v) is 3.25. The molecule has 0 bridgehead atoms. The highest BCUT2D eigenvalue weighted by Gasteiger charge is 2.11. The summed E-state index contributed by atoms with van der Waals surface area (Å²) in [4.78, 5) is 14.1. The summed E-state index contributed by atoms with van der Waals surface area (Å²) in [6, 6.07) is 7.83. The molecule has 1 saturated heterocycles. The molecule has 1 amide bonds. The van der Waals surface area contributed by atoms with Gasteiger partial charge in [-0.2, -0.15) is 15.4 Å². The van der Waals surface area contributed by atoms with E-state index in [1.807, 2.05) is 24.3 Å². The predicted octanol–water partition coefficient (Wildman–Crippen LogP) is 0.467. The first-order chi connectivity index (χ1) is 9.83. The molecule has 0 unspecified atom stereocenters. The van der Waals surface area contributed by atoms with Crippen molar-refractivity contribution in [1.82, 2.24) is 20.7 Å². The van der Waals surface area contributed by atoms with Gasteiger partial charge in [0.2, 0.25) is 0 Å². The molecule has 2 heterocycles. The van der Waals surface area contributed by atoms with Crippen LogP contribution in [-0.4, -0.2) is 47.5 Å². The van der Waals surface area contributed by atoms with Crippen LogP contribution >= 0.6 is 0 Å². The van der Waals surface area contributed by atoms with Crippen LogP contribution < -0.4 is 15.5 Å². The summed E-state index contributed by atoms with van der Waals surface area (Å²) < 4.78 is 0. The summed E-state index contributed by atoms with van der Waals surface area (Å²) in [7, 11) is 0. The van der Waals surface area contributed by atoms with Gasteiger partial charge < -0.3 is 15.5 Å². The fraction of sp³-hybridized carbons (Fsp3) is 0.308. The number of hydrogen-bond donors (Lipinski definition) is 3. The summed E-state index contributed by atoms with van der Waals surface area (Å²) >= 11 is 0. The number of aromatic amines is 1. The van der Waals surface area contributed by atoms with Gasteiger partial charge in [-0.05, 0) is 24.3 Å². The van der Waals surface area contributed by atoms with Gasteiger partial charge in [-0.3, -0.25) is 4.79 Å². The lowest BCUT2D eigenvalue weighted by Gasteiger charge is -2.29. The Morgan fingerprint density at radius 2 is 1.95 bits per heavy atom. The Bertz CT molecular complexity index is 559. The van der Waals surface area contributed by atoms with E-state index in [0.29, 0.717) is 0 Å². The molecule has 7 heteroatoms. The Kier molecular flexibility index (Phi) is 3.60. The monoisotopic (exact) mass is 272 g/mol. The van der Waals surface area contributed by atoms with E-state index in [1.54, 1.807) is 0 Å². The lowest BCUT2D eigenvalue weighted by atomic mass is 10.2. The van der Waals surface area contributed by atoms with E-state index in [-0.39, 0.29) is 11.6 Å². The van der Waals surface area contributed by atoms with E-state index in [9.17, 15) is 4.79 Å². The van der Waals surface area contributed by atoms with Gasteiger partial charge in [-0.25, -0.2) is 0 Å². The second-order valence-corrected chi connectivity index (χ2v) is 4.59. The summed E-state index contributed by atoms with van der Waals surface area (Å²) in [5, 5.41) is 15.9. The van der Waals surface area contributed by atoms with E-state index in [4.69, 9.17) is 0 Å². The highest BCUT2D eigenvalue weighted by molar-refractivity contribution is 6.02. The van der Waals surface area contributed by atoms with Gasteiger partial charge in [-0.1, -0.05) is 0 Å². The van der Waals surface area contributed by atoms with E-state index < -0.39 is 0 Å². The normalized spacial score (nSPS) is 15.1. The number of H-pyrrole nitrogens is 1. The fourth-order valence-corrected chi connectivity index (χ4v) is 2.18. The number of aromatic nitrogens is 3. The Balaban J connectivity index is 1.65. The Hall–Kier alpha value is -2.41. The van der Waals surface area contributed by atoms with Crippen molar-refractivity contribution < 1.29 is 4.79 Å². The first-order valence-corrected chi connectivity index (χ1v) is 6.56. The van der Waals surface area contributed by atoms with Crippen molar-refractivity contribution in [3.05, 3.63) is 36.2 Å². The number of amides is 1. The molecule has 0 saturated carbocycles. The van der Waals surface area contributed by atoms with Gasteiger partial charge >= 0.3 is 0 Å². The number of benzene rings is 1. The van der Waals surface area contributed by atoms with Crippen molar-refractivity contribution >= 4 is 17.3 Å². The lowest BCUT2D eigenvalue weighted by molar-refractivity contribution is 0.102. The average Bonchev–Trinajstić information content (AvgIpc) is 3.03. The minimum Gasteiger partial charge on any atom is -0.369 e. The SMILES string of the molecule is O=C(Nc1ccc(N2CCNCC2)cc1)c1cn[nH]n1. The van der Waals surface area contributed by atoms with Crippen LogP contribution in [0.5, 0.6) is 0 Å². The number of hydrogen-bond acceptors (Lipinski definition) is 5. The van der Waals surface area contributed by atoms with E-state index >= 15 is 0 Å². The maximum absolute atomic E-state index is 11.8. The minimum atomic E-state index is -0.270. The smallest absolute Gasteiger partial charge is 0.277 e. The molecule has 0 atom stereocenters. The molecule has 20 heavy (non-hydrogen) atoms. The number of carbonyl (C=O) groups is 1. The zero-order chi connectivity index (χ0) is 13.8. The van der Waals surface area contributed by atoms with Gasteiger partial charge in [0.15, 0.2) is 5.69 Å². The van der Waals surface area contributed by atoms with Crippen LogP contribution in [0, 0.1) is 0 Å². The molecule has 1 fully saturated rings. The topological polar surface area (TPSA) is 85.9 Å². The quantitative estimate of drug-likeness (QED) is 0.756. The zero-order valence-corrected chi connectivity index (χ0v) is 11.0. The van der Waals surface area contributed by atoms with Crippen molar-refractivity contribution in [3.63, 3.8) is 0 Å². The second-order valence-electron chi connectivity index (χ2n) is 4.59. The van der Waals surface area contributed by atoms with Crippen LogP contribution in [0.4, 0.5) is 11.4 Å². The molecular formula is C13H16N6O. The van der Waals surface area contributed by atoms with Gasteiger partial charge in [0.1, 0.15) is 0 Å². The van der Waals surface area contributed by atoms with Crippen LogP contribution in [-0.2, 0) is 0 Å². The zero-order valence-electron chi connectivity index (χ0n) is 11.0. The number of carbonyl (C=O) groups excluding carboxylic acids is 1. The molecular weight excluding hydrogens is 256 g/mol. The Morgan fingerprint density at radius 3 is 2.60 bits per heavy atom. The molecule has 104 valence electrons. The van der Waals surface area contributed by atoms with Gasteiger partial charge in [-0.15, -0.1) is 0 Å². The van der Waals surface area contributed by atoms with E-state index in [2.05, 4.69) is 30.9 Å². The maximum Gasteiger partial charge on any atom is 0.277 e. The molecule has 0 radical (unpaired) electrons. The molecule has 0 spiro atoms. The molecule has 1 aromatic heterocycles.